The van der Waals surface area contributed by atoms with Crippen molar-refractivity contribution in [3.63, 3.8) is 0 Å². The highest BCUT2D eigenvalue weighted by molar-refractivity contribution is 5.76. The first kappa shape index (κ1) is 20.7. The number of benzene rings is 1. The Kier molecular flexibility index (Phi) is 6.89. The van der Waals surface area contributed by atoms with Crippen LogP contribution in [0.15, 0.2) is 42.7 Å². The van der Waals surface area contributed by atoms with Crippen LogP contribution in [0.3, 0.4) is 0 Å². The van der Waals surface area contributed by atoms with Crippen LogP contribution in [0.4, 0.5) is 10.3 Å². The molecule has 30 heavy (non-hydrogen) atoms. The maximum atomic E-state index is 13.1. The zero-order valence-electron chi connectivity index (χ0n) is 17.4. The number of amides is 1. The van der Waals surface area contributed by atoms with Gasteiger partial charge in [0, 0.05) is 51.5 Å². The summed E-state index contributed by atoms with van der Waals surface area (Å²) in [5.41, 5.74) is 1.21. The topological polar surface area (TPSA) is 52.6 Å². The van der Waals surface area contributed by atoms with Gasteiger partial charge in [0.05, 0.1) is 0 Å². The lowest BCUT2D eigenvalue weighted by atomic mass is 9.90. The zero-order valence-corrected chi connectivity index (χ0v) is 17.4. The number of piperazine rings is 1. The highest BCUT2D eigenvalue weighted by Gasteiger charge is 2.24. The van der Waals surface area contributed by atoms with Crippen molar-refractivity contribution < 1.29 is 9.18 Å². The molecular weight excluding hydrogens is 381 g/mol. The van der Waals surface area contributed by atoms with Crippen molar-refractivity contribution in [2.75, 3.05) is 50.7 Å². The Morgan fingerprint density at radius 2 is 1.63 bits per heavy atom. The van der Waals surface area contributed by atoms with Crippen molar-refractivity contribution in [2.24, 2.45) is 5.92 Å². The molecule has 0 radical (unpaired) electrons. The van der Waals surface area contributed by atoms with Crippen LogP contribution >= 0.6 is 0 Å². The summed E-state index contributed by atoms with van der Waals surface area (Å²) in [4.78, 5) is 27.7. The maximum Gasteiger partial charge on any atom is 0.225 e. The largest absolute Gasteiger partial charge is 0.339 e. The van der Waals surface area contributed by atoms with Crippen molar-refractivity contribution in [3.8, 4) is 0 Å². The molecule has 0 saturated carbocycles. The van der Waals surface area contributed by atoms with Crippen molar-refractivity contribution in [2.45, 2.75) is 25.7 Å². The van der Waals surface area contributed by atoms with E-state index in [2.05, 4.69) is 19.8 Å². The molecule has 1 aromatic carbocycles. The lowest BCUT2D eigenvalue weighted by Crippen LogP contribution is -2.50. The van der Waals surface area contributed by atoms with E-state index in [1.54, 1.807) is 24.5 Å². The molecule has 160 valence electrons. The van der Waals surface area contributed by atoms with Gasteiger partial charge in [-0.05, 0) is 62.0 Å². The van der Waals surface area contributed by atoms with Gasteiger partial charge in [-0.15, -0.1) is 0 Å². The second kappa shape index (κ2) is 9.98. The SMILES string of the molecule is O=C(CCN1CCC(Cc2ccc(F)cc2)CC1)N1CCN(c2ncccn2)CC1. The molecule has 2 aromatic rings. The summed E-state index contributed by atoms with van der Waals surface area (Å²) in [5.74, 6) is 1.47. The molecule has 0 N–H and O–H groups in total. The fourth-order valence-corrected chi connectivity index (χ4v) is 4.39. The Morgan fingerprint density at radius 3 is 2.30 bits per heavy atom. The van der Waals surface area contributed by atoms with Crippen molar-refractivity contribution in [1.82, 2.24) is 19.8 Å². The summed E-state index contributed by atoms with van der Waals surface area (Å²) in [7, 11) is 0. The molecule has 0 unspecified atom stereocenters. The molecule has 7 heteroatoms. The molecule has 0 atom stereocenters. The molecule has 0 spiro atoms. The Labute approximate surface area is 177 Å². The summed E-state index contributed by atoms with van der Waals surface area (Å²) in [6.45, 7) is 5.95. The third kappa shape index (κ3) is 5.53. The second-order valence-corrected chi connectivity index (χ2v) is 8.28. The normalized spacial score (nSPS) is 18.6. The quantitative estimate of drug-likeness (QED) is 0.731. The molecule has 0 aliphatic carbocycles. The van der Waals surface area contributed by atoms with Crippen LogP contribution in [0.2, 0.25) is 0 Å². The second-order valence-electron chi connectivity index (χ2n) is 8.28. The summed E-state index contributed by atoms with van der Waals surface area (Å²) >= 11 is 0. The van der Waals surface area contributed by atoms with Crippen molar-refractivity contribution in [3.05, 3.63) is 54.1 Å². The molecule has 3 heterocycles. The molecule has 1 aromatic heterocycles. The minimum Gasteiger partial charge on any atom is -0.339 e. The van der Waals surface area contributed by atoms with Gasteiger partial charge in [0.15, 0.2) is 0 Å². The monoisotopic (exact) mass is 411 g/mol. The minimum atomic E-state index is -0.173. The number of carbonyl (C=O) groups excluding carboxylic acids is 1. The number of nitrogens with zero attached hydrogens (tertiary/aromatic N) is 5. The van der Waals surface area contributed by atoms with Crippen LogP contribution in [-0.4, -0.2) is 71.5 Å². The van der Waals surface area contributed by atoms with Crippen molar-refractivity contribution >= 4 is 11.9 Å². The van der Waals surface area contributed by atoms with E-state index >= 15 is 0 Å². The standard InChI is InChI=1S/C23H30FN5O/c24-21-4-2-19(3-5-21)18-20-6-11-27(12-7-20)13-8-22(30)28-14-16-29(17-15-28)23-25-9-1-10-26-23/h1-5,9-10,20H,6-8,11-18H2. The number of hydrogen-bond donors (Lipinski definition) is 0. The Balaban J connectivity index is 1.14. The molecule has 2 fully saturated rings. The number of hydrogen-bond acceptors (Lipinski definition) is 5. The predicted molar refractivity (Wildman–Crippen MR) is 115 cm³/mol. The summed E-state index contributed by atoms with van der Waals surface area (Å²) < 4.78 is 13.1. The molecule has 2 aliphatic rings. The summed E-state index contributed by atoms with van der Waals surface area (Å²) in [6, 6.07) is 8.69. The molecule has 6 nitrogen and oxygen atoms in total. The lowest BCUT2D eigenvalue weighted by Gasteiger charge is -2.36. The Morgan fingerprint density at radius 1 is 0.967 bits per heavy atom. The molecule has 2 aliphatic heterocycles. The third-order valence-electron chi connectivity index (χ3n) is 6.25. The Hall–Kier alpha value is -2.54. The lowest BCUT2D eigenvalue weighted by molar-refractivity contribution is -0.131. The van der Waals surface area contributed by atoms with Gasteiger partial charge in [0.25, 0.3) is 0 Å². The van der Waals surface area contributed by atoms with Crippen LogP contribution in [0, 0.1) is 11.7 Å². The highest BCUT2D eigenvalue weighted by atomic mass is 19.1. The molecule has 1 amide bonds. The summed E-state index contributed by atoms with van der Waals surface area (Å²) in [5, 5.41) is 0. The van der Waals surface area contributed by atoms with E-state index in [1.807, 2.05) is 23.1 Å². The fraction of sp³-hybridized carbons (Fsp3) is 0.522. The van der Waals surface area contributed by atoms with E-state index < -0.39 is 0 Å². The van der Waals surface area contributed by atoms with Crippen LogP contribution in [0.25, 0.3) is 0 Å². The van der Waals surface area contributed by atoms with E-state index in [9.17, 15) is 9.18 Å². The zero-order chi connectivity index (χ0) is 20.8. The molecule has 4 rings (SSSR count). The molecule has 0 bridgehead atoms. The van der Waals surface area contributed by atoms with Crippen LogP contribution in [0.1, 0.15) is 24.8 Å². The summed E-state index contributed by atoms with van der Waals surface area (Å²) in [6.07, 6.45) is 7.39. The average Bonchev–Trinajstić information content (AvgIpc) is 2.80. The van der Waals surface area contributed by atoms with E-state index in [0.717, 1.165) is 71.0 Å². The van der Waals surface area contributed by atoms with Gasteiger partial charge in [-0.25, -0.2) is 14.4 Å². The third-order valence-corrected chi connectivity index (χ3v) is 6.25. The number of rotatable bonds is 6. The first-order valence-electron chi connectivity index (χ1n) is 10.9. The maximum absolute atomic E-state index is 13.1. The van der Waals surface area contributed by atoms with E-state index in [1.165, 1.54) is 5.56 Å². The van der Waals surface area contributed by atoms with Crippen LogP contribution in [0.5, 0.6) is 0 Å². The number of carbonyl (C=O) groups is 1. The fourth-order valence-electron chi connectivity index (χ4n) is 4.39. The van der Waals surface area contributed by atoms with E-state index in [-0.39, 0.29) is 11.7 Å². The van der Waals surface area contributed by atoms with Crippen LogP contribution < -0.4 is 4.90 Å². The smallest absolute Gasteiger partial charge is 0.225 e. The van der Waals surface area contributed by atoms with Crippen LogP contribution in [-0.2, 0) is 11.2 Å². The molecule has 2 saturated heterocycles. The van der Waals surface area contributed by atoms with Gasteiger partial charge < -0.3 is 14.7 Å². The number of halogens is 1. The number of aromatic nitrogens is 2. The Bertz CT molecular complexity index is 800. The molecular formula is C23H30FN5O. The highest BCUT2D eigenvalue weighted by Crippen LogP contribution is 2.22. The van der Waals surface area contributed by atoms with Gasteiger partial charge in [-0.1, -0.05) is 12.1 Å². The van der Waals surface area contributed by atoms with Gasteiger partial charge in [-0.3, -0.25) is 4.79 Å². The van der Waals surface area contributed by atoms with Gasteiger partial charge in [0.1, 0.15) is 5.82 Å². The number of likely N-dealkylation sites (tertiary alicyclic amines) is 1. The number of anilines is 1. The number of piperidine rings is 1. The van der Waals surface area contributed by atoms with E-state index in [4.69, 9.17) is 0 Å². The first-order chi connectivity index (χ1) is 14.7. The average molecular weight is 412 g/mol. The predicted octanol–water partition coefficient (Wildman–Crippen LogP) is 2.61. The first-order valence-corrected chi connectivity index (χ1v) is 10.9. The van der Waals surface area contributed by atoms with Gasteiger partial charge in [0.2, 0.25) is 11.9 Å². The van der Waals surface area contributed by atoms with E-state index in [0.29, 0.717) is 12.3 Å². The van der Waals surface area contributed by atoms with Gasteiger partial charge in [-0.2, -0.15) is 0 Å². The van der Waals surface area contributed by atoms with Crippen molar-refractivity contribution in [1.29, 1.82) is 0 Å². The minimum absolute atomic E-state index is 0.173. The van der Waals surface area contributed by atoms with Gasteiger partial charge >= 0.3 is 0 Å².